The lowest BCUT2D eigenvalue weighted by Gasteiger charge is -2.10. The first-order chi connectivity index (χ1) is 14.2. The molecule has 3 heterocycles. The molecule has 0 amide bonds. The fourth-order valence-corrected chi connectivity index (χ4v) is 4.57. The van der Waals surface area contributed by atoms with Crippen LogP contribution in [0.5, 0.6) is 0 Å². The molecule has 0 saturated carbocycles. The maximum absolute atomic E-state index is 12.7. The van der Waals surface area contributed by atoms with Gasteiger partial charge in [0.25, 0.3) is 5.56 Å². The first kappa shape index (κ1) is 18.1. The quantitative estimate of drug-likeness (QED) is 0.430. The van der Waals surface area contributed by atoms with Gasteiger partial charge in [-0.05, 0) is 63.4 Å². The topological polar surface area (TPSA) is 34.9 Å². The minimum Gasteiger partial charge on any atom is -0.311 e. The zero-order valence-electron chi connectivity index (χ0n) is 15.5. The Labute approximate surface area is 177 Å². The summed E-state index contributed by atoms with van der Waals surface area (Å²) in [6.45, 7) is 0.499. The molecule has 3 aromatic heterocycles. The molecule has 0 atom stereocenters. The number of nitrogens with zero attached hydrogens (tertiary/aromatic N) is 2. The third-order valence-corrected chi connectivity index (χ3v) is 6.08. The standard InChI is InChI=1S/C24H17ClN2OS/c25-20-3-1-2-16(10-20)14-27-8-6-17(12-24(27)28)21-4-5-23-22(21)11-19(13-26-23)18-7-9-29-15-18/h1-4,6-13,15H,5,14H2. The van der Waals surface area contributed by atoms with Crippen molar-refractivity contribution >= 4 is 28.5 Å². The molecule has 1 aromatic carbocycles. The lowest BCUT2D eigenvalue weighted by atomic mass is 9.99. The van der Waals surface area contributed by atoms with Gasteiger partial charge in [0.15, 0.2) is 0 Å². The van der Waals surface area contributed by atoms with Crippen molar-refractivity contribution in [2.45, 2.75) is 13.0 Å². The highest BCUT2D eigenvalue weighted by Crippen LogP contribution is 2.34. The number of hydrogen-bond donors (Lipinski definition) is 0. The first-order valence-corrected chi connectivity index (χ1v) is 10.7. The van der Waals surface area contributed by atoms with Crippen LogP contribution in [0.4, 0.5) is 0 Å². The predicted molar refractivity (Wildman–Crippen MR) is 120 cm³/mol. The Morgan fingerprint density at radius 1 is 1.07 bits per heavy atom. The third-order valence-electron chi connectivity index (χ3n) is 5.16. The second-order valence-electron chi connectivity index (χ2n) is 7.06. The van der Waals surface area contributed by atoms with Crippen LogP contribution in [0.1, 0.15) is 22.4 Å². The van der Waals surface area contributed by atoms with E-state index in [1.165, 1.54) is 5.56 Å². The van der Waals surface area contributed by atoms with Crippen LogP contribution in [0, 0.1) is 0 Å². The van der Waals surface area contributed by atoms with Crippen LogP contribution >= 0.6 is 22.9 Å². The van der Waals surface area contributed by atoms with E-state index in [9.17, 15) is 4.79 Å². The number of rotatable bonds is 4. The highest BCUT2D eigenvalue weighted by atomic mass is 35.5. The Kier molecular flexibility index (Phi) is 4.66. The van der Waals surface area contributed by atoms with Crippen LogP contribution in [0.3, 0.4) is 0 Å². The van der Waals surface area contributed by atoms with Crippen molar-refractivity contribution in [2.24, 2.45) is 0 Å². The van der Waals surface area contributed by atoms with Crippen molar-refractivity contribution in [3.05, 3.63) is 116 Å². The summed E-state index contributed by atoms with van der Waals surface area (Å²) in [6.07, 6.45) is 6.74. The second kappa shape index (κ2) is 7.47. The van der Waals surface area contributed by atoms with Gasteiger partial charge in [0.1, 0.15) is 0 Å². The molecule has 0 radical (unpaired) electrons. The van der Waals surface area contributed by atoms with Crippen LogP contribution in [-0.4, -0.2) is 9.55 Å². The molecule has 5 rings (SSSR count). The molecule has 142 valence electrons. The highest BCUT2D eigenvalue weighted by Gasteiger charge is 2.18. The fraction of sp³-hybridized carbons (Fsp3) is 0.0833. The van der Waals surface area contributed by atoms with E-state index in [0.29, 0.717) is 11.6 Å². The van der Waals surface area contributed by atoms with Crippen LogP contribution in [0.15, 0.2) is 82.6 Å². The van der Waals surface area contributed by atoms with E-state index in [-0.39, 0.29) is 5.56 Å². The number of benzene rings is 1. The Balaban J connectivity index is 1.47. The van der Waals surface area contributed by atoms with E-state index >= 15 is 0 Å². The van der Waals surface area contributed by atoms with Crippen molar-refractivity contribution in [3.8, 4) is 11.1 Å². The summed E-state index contributed by atoms with van der Waals surface area (Å²) in [6, 6.07) is 15.6. The van der Waals surface area contributed by atoms with Gasteiger partial charge < -0.3 is 4.57 Å². The first-order valence-electron chi connectivity index (χ1n) is 9.35. The number of pyridine rings is 2. The lowest BCUT2D eigenvalue weighted by Crippen LogP contribution is -2.19. The Morgan fingerprint density at radius 2 is 2.00 bits per heavy atom. The van der Waals surface area contributed by atoms with Gasteiger partial charge in [0.2, 0.25) is 0 Å². The molecule has 0 spiro atoms. The van der Waals surface area contributed by atoms with Gasteiger partial charge >= 0.3 is 0 Å². The van der Waals surface area contributed by atoms with Crippen molar-refractivity contribution in [1.29, 1.82) is 0 Å². The summed E-state index contributed by atoms with van der Waals surface area (Å²) >= 11 is 7.73. The van der Waals surface area contributed by atoms with E-state index in [4.69, 9.17) is 11.6 Å². The summed E-state index contributed by atoms with van der Waals surface area (Å²) in [5.74, 6) is 0. The minimum atomic E-state index is -0.0289. The number of halogens is 1. The normalized spacial score (nSPS) is 12.7. The lowest BCUT2D eigenvalue weighted by molar-refractivity contribution is 0.758. The van der Waals surface area contributed by atoms with E-state index in [2.05, 4.69) is 34.0 Å². The van der Waals surface area contributed by atoms with Crippen LogP contribution in [0.2, 0.25) is 5.02 Å². The Hall–Kier alpha value is -2.95. The summed E-state index contributed by atoms with van der Waals surface area (Å²) < 4.78 is 1.70. The smallest absolute Gasteiger partial charge is 0.251 e. The molecule has 29 heavy (non-hydrogen) atoms. The zero-order chi connectivity index (χ0) is 19.8. The molecule has 0 N–H and O–H groups in total. The van der Waals surface area contributed by atoms with E-state index in [1.54, 1.807) is 22.0 Å². The molecular weight excluding hydrogens is 400 g/mol. The molecule has 5 heteroatoms. The number of thiophene rings is 1. The predicted octanol–water partition coefficient (Wildman–Crippen LogP) is 5.66. The maximum atomic E-state index is 12.7. The van der Waals surface area contributed by atoms with Gasteiger partial charge in [-0.1, -0.05) is 29.8 Å². The summed E-state index contributed by atoms with van der Waals surface area (Å²) in [5, 5.41) is 4.87. The molecule has 0 unspecified atom stereocenters. The Morgan fingerprint density at radius 3 is 2.79 bits per heavy atom. The van der Waals surface area contributed by atoms with Crippen molar-refractivity contribution in [3.63, 3.8) is 0 Å². The maximum Gasteiger partial charge on any atom is 0.251 e. The number of allylic oxidation sites excluding steroid dienone is 1. The third kappa shape index (κ3) is 3.57. The molecule has 0 aliphatic heterocycles. The monoisotopic (exact) mass is 416 g/mol. The SMILES string of the molecule is O=c1cc(C2=CCc3ncc(-c4ccsc4)cc32)ccn1Cc1cccc(Cl)c1. The van der Waals surface area contributed by atoms with Gasteiger partial charge in [-0.2, -0.15) is 11.3 Å². The van der Waals surface area contributed by atoms with Crippen molar-refractivity contribution in [1.82, 2.24) is 9.55 Å². The van der Waals surface area contributed by atoms with E-state index < -0.39 is 0 Å². The number of aromatic nitrogens is 2. The Bertz CT molecular complexity index is 1290. The van der Waals surface area contributed by atoms with Gasteiger partial charge in [0, 0.05) is 41.0 Å². The fourth-order valence-electron chi connectivity index (χ4n) is 3.70. The largest absolute Gasteiger partial charge is 0.311 e. The zero-order valence-corrected chi connectivity index (χ0v) is 17.1. The second-order valence-corrected chi connectivity index (χ2v) is 8.28. The minimum absolute atomic E-state index is 0.0289. The summed E-state index contributed by atoms with van der Waals surface area (Å²) in [5.41, 5.74) is 7.43. The molecule has 4 aromatic rings. The van der Waals surface area contributed by atoms with Crippen LogP contribution < -0.4 is 5.56 Å². The molecule has 0 fully saturated rings. The molecule has 3 nitrogen and oxygen atoms in total. The van der Waals surface area contributed by atoms with E-state index in [0.717, 1.165) is 39.9 Å². The molecule has 1 aliphatic carbocycles. The van der Waals surface area contributed by atoms with Gasteiger partial charge in [0.05, 0.1) is 12.2 Å². The van der Waals surface area contributed by atoms with Crippen molar-refractivity contribution < 1.29 is 0 Å². The molecular formula is C24H17ClN2OS. The summed E-state index contributed by atoms with van der Waals surface area (Å²) in [7, 11) is 0. The molecule has 0 bridgehead atoms. The van der Waals surface area contributed by atoms with Crippen molar-refractivity contribution in [2.75, 3.05) is 0 Å². The number of hydrogen-bond acceptors (Lipinski definition) is 3. The van der Waals surface area contributed by atoms with Crippen LogP contribution in [-0.2, 0) is 13.0 Å². The highest BCUT2D eigenvalue weighted by molar-refractivity contribution is 7.08. The average Bonchev–Trinajstić information content (AvgIpc) is 3.39. The van der Waals surface area contributed by atoms with Crippen LogP contribution in [0.25, 0.3) is 16.7 Å². The van der Waals surface area contributed by atoms with E-state index in [1.807, 2.05) is 42.7 Å². The summed E-state index contributed by atoms with van der Waals surface area (Å²) in [4.78, 5) is 17.4. The number of fused-ring (bicyclic) bond motifs is 1. The van der Waals surface area contributed by atoms with Gasteiger partial charge in [-0.25, -0.2) is 0 Å². The molecule has 0 saturated heterocycles. The van der Waals surface area contributed by atoms with Gasteiger partial charge in [-0.3, -0.25) is 9.78 Å². The van der Waals surface area contributed by atoms with Gasteiger partial charge in [-0.15, -0.1) is 0 Å². The molecule has 1 aliphatic rings. The average molecular weight is 417 g/mol.